The average molecular weight is 428 g/mol. The summed E-state index contributed by atoms with van der Waals surface area (Å²) in [7, 11) is 0. The van der Waals surface area contributed by atoms with E-state index in [1.54, 1.807) is 31.2 Å². The second-order valence-corrected chi connectivity index (χ2v) is 7.42. The molecule has 2 aromatic carbocycles. The minimum absolute atomic E-state index is 0.206. The zero-order chi connectivity index (χ0) is 22.5. The summed E-state index contributed by atoms with van der Waals surface area (Å²) in [5, 5.41) is 5.61. The molecular weight excluding hydrogens is 403 g/mol. The Kier molecular flexibility index (Phi) is 6.86. The molecule has 2 aromatic rings. The Morgan fingerprint density at radius 2 is 1.97 bits per heavy atom. The van der Waals surface area contributed by atoms with Crippen molar-refractivity contribution in [3.05, 3.63) is 53.8 Å². The van der Waals surface area contributed by atoms with Gasteiger partial charge >= 0.3 is 6.09 Å². The number of benzene rings is 2. The smallest absolute Gasteiger partial charge is 0.414 e. The monoisotopic (exact) mass is 428 g/mol. The second kappa shape index (κ2) is 9.57. The number of halogens is 1. The fraction of sp³-hybridized carbons (Fsp3) is 0.318. The molecule has 4 N–H and O–H groups in total. The summed E-state index contributed by atoms with van der Waals surface area (Å²) < 4.78 is 20.0. The normalized spacial score (nSPS) is 16.7. The van der Waals surface area contributed by atoms with Gasteiger partial charge in [0.05, 0.1) is 24.8 Å². The maximum atomic E-state index is 14.8. The first-order valence-electron chi connectivity index (χ1n) is 9.88. The van der Waals surface area contributed by atoms with E-state index in [9.17, 15) is 18.8 Å². The number of hydrogen-bond donors (Lipinski definition) is 3. The van der Waals surface area contributed by atoms with Crippen molar-refractivity contribution in [3.8, 4) is 11.1 Å². The third-order valence-electron chi connectivity index (χ3n) is 5.02. The number of carbonyl (C=O) groups is 3. The fourth-order valence-corrected chi connectivity index (χ4v) is 3.18. The number of hydrogen-bond acceptors (Lipinski definition) is 5. The highest BCUT2D eigenvalue weighted by molar-refractivity contribution is 5.90. The Balaban J connectivity index is 1.67. The standard InChI is InChI=1S/C22H25FN4O4/c1-13(21(24)29)25-10-15-3-5-16(6-4-15)19-8-7-17(9-20(19)23)27-12-18(31-22(27)30)11-26-14(2)28/h3-9,13,18,25H,10-12H2,1-2H3,(H2,24,29)(H,26,28)/t13-,18+/m1/s1. The number of carbonyl (C=O) groups excluding carboxylic acids is 3. The van der Waals surface area contributed by atoms with E-state index in [4.69, 9.17) is 10.5 Å². The summed E-state index contributed by atoms with van der Waals surface area (Å²) >= 11 is 0. The second-order valence-electron chi connectivity index (χ2n) is 7.42. The van der Waals surface area contributed by atoms with Gasteiger partial charge in [0.1, 0.15) is 11.9 Å². The van der Waals surface area contributed by atoms with E-state index in [2.05, 4.69) is 10.6 Å². The van der Waals surface area contributed by atoms with Gasteiger partial charge < -0.3 is 21.1 Å². The highest BCUT2D eigenvalue weighted by Gasteiger charge is 2.32. The molecular formula is C22H25FN4O4. The first-order chi connectivity index (χ1) is 14.7. The number of nitrogens with zero attached hydrogens (tertiary/aromatic N) is 1. The van der Waals surface area contributed by atoms with Crippen molar-refractivity contribution in [1.82, 2.24) is 10.6 Å². The molecule has 0 aliphatic carbocycles. The number of cyclic esters (lactones) is 1. The van der Waals surface area contributed by atoms with Crippen LogP contribution in [0, 0.1) is 5.82 Å². The maximum Gasteiger partial charge on any atom is 0.414 e. The van der Waals surface area contributed by atoms with Gasteiger partial charge in [-0.05, 0) is 36.2 Å². The van der Waals surface area contributed by atoms with Crippen LogP contribution in [0.1, 0.15) is 19.4 Å². The molecule has 3 rings (SSSR count). The van der Waals surface area contributed by atoms with E-state index >= 15 is 0 Å². The largest absolute Gasteiger partial charge is 0.442 e. The molecule has 1 aliphatic heterocycles. The number of nitrogens with two attached hydrogens (primary N) is 1. The van der Waals surface area contributed by atoms with Crippen LogP contribution in [0.5, 0.6) is 0 Å². The summed E-state index contributed by atoms with van der Waals surface area (Å²) in [5.74, 6) is -1.11. The fourth-order valence-electron chi connectivity index (χ4n) is 3.18. The van der Waals surface area contributed by atoms with Gasteiger partial charge in [-0.2, -0.15) is 0 Å². The number of ether oxygens (including phenoxy) is 1. The van der Waals surface area contributed by atoms with Gasteiger partial charge in [-0.1, -0.05) is 24.3 Å². The van der Waals surface area contributed by atoms with E-state index < -0.39 is 30.0 Å². The Morgan fingerprint density at radius 1 is 1.26 bits per heavy atom. The summed E-state index contributed by atoms with van der Waals surface area (Å²) in [5.41, 5.74) is 7.62. The van der Waals surface area contributed by atoms with Crippen molar-refractivity contribution in [1.29, 1.82) is 0 Å². The predicted molar refractivity (Wildman–Crippen MR) is 114 cm³/mol. The Morgan fingerprint density at radius 3 is 2.58 bits per heavy atom. The van der Waals surface area contributed by atoms with Gasteiger partial charge in [0.15, 0.2) is 0 Å². The van der Waals surface area contributed by atoms with Crippen molar-refractivity contribution in [2.45, 2.75) is 32.5 Å². The highest BCUT2D eigenvalue weighted by atomic mass is 19.1. The molecule has 0 unspecified atom stereocenters. The molecule has 0 bridgehead atoms. The van der Waals surface area contributed by atoms with Gasteiger partial charge in [-0.3, -0.25) is 14.5 Å². The van der Waals surface area contributed by atoms with Gasteiger partial charge in [0.25, 0.3) is 0 Å². The van der Waals surface area contributed by atoms with Crippen LogP contribution in [0.3, 0.4) is 0 Å². The predicted octanol–water partition coefficient (Wildman–Crippen LogP) is 1.92. The van der Waals surface area contributed by atoms with Crippen LogP contribution in [0.2, 0.25) is 0 Å². The molecule has 164 valence electrons. The summed E-state index contributed by atoms with van der Waals surface area (Å²) in [6.45, 7) is 3.96. The lowest BCUT2D eigenvalue weighted by molar-refractivity contribution is -0.120. The van der Waals surface area contributed by atoms with E-state index in [1.165, 1.54) is 17.9 Å². The van der Waals surface area contributed by atoms with E-state index in [0.29, 0.717) is 23.4 Å². The van der Waals surface area contributed by atoms with Crippen molar-refractivity contribution in [3.63, 3.8) is 0 Å². The first kappa shape index (κ1) is 22.2. The molecule has 0 spiro atoms. The number of anilines is 1. The zero-order valence-electron chi connectivity index (χ0n) is 17.4. The van der Waals surface area contributed by atoms with Crippen LogP contribution in [0.4, 0.5) is 14.9 Å². The van der Waals surface area contributed by atoms with Crippen molar-refractivity contribution >= 4 is 23.6 Å². The number of rotatable bonds is 8. The summed E-state index contributed by atoms with van der Waals surface area (Å²) in [4.78, 5) is 35.6. The van der Waals surface area contributed by atoms with Crippen LogP contribution in [0.15, 0.2) is 42.5 Å². The molecule has 1 aliphatic rings. The van der Waals surface area contributed by atoms with Crippen LogP contribution < -0.4 is 21.3 Å². The third-order valence-corrected chi connectivity index (χ3v) is 5.02. The molecule has 1 fully saturated rings. The molecule has 2 atom stereocenters. The average Bonchev–Trinajstić information content (AvgIpc) is 3.11. The molecule has 1 saturated heterocycles. The first-order valence-corrected chi connectivity index (χ1v) is 9.88. The molecule has 0 radical (unpaired) electrons. The van der Waals surface area contributed by atoms with Crippen molar-refractivity contribution in [2.24, 2.45) is 5.73 Å². The van der Waals surface area contributed by atoms with E-state index in [1.807, 2.05) is 12.1 Å². The van der Waals surface area contributed by atoms with Crippen LogP contribution in [0.25, 0.3) is 11.1 Å². The molecule has 8 nitrogen and oxygen atoms in total. The number of nitrogens with one attached hydrogen (secondary N) is 2. The lowest BCUT2D eigenvalue weighted by atomic mass is 10.0. The molecule has 3 amide bonds. The Hall–Kier alpha value is -3.46. The topological polar surface area (TPSA) is 114 Å². The quantitative estimate of drug-likeness (QED) is 0.594. The number of amides is 3. The minimum atomic E-state index is -0.579. The summed E-state index contributed by atoms with van der Waals surface area (Å²) in [6, 6.07) is 11.4. The molecule has 0 aromatic heterocycles. The lowest BCUT2D eigenvalue weighted by Crippen LogP contribution is -2.38. The van der Waals surface area contributed by atoms with Gasteiger partial charge in [-0.15, -0.1) is 0 Å². The lowest BCUT2D eigenvalue weighted by Gasteiger charge is -2.15. The molecule has 31 heavy (non-hydrogen) atoms. The molecule has 0 saturated carbocycles. The van der Waals surface area contributed by atoms with Gasteiger partial charge in [0.2, 0.25) is 11.8 Å². The van der Waals surface area contributed by atoms with Crippen molar-refractivity contribution < 1.29 is 23.5 Å². The SMILES string of the molecule is CC(=O)NC[C@H]1CN(c2ccc(-c3ccc(CN[C@H](C)C(N)=O)cc3)c(F)c2)C(=O)O1. The number of primary amides is 1. The maximum absolute atomic E-state index is 14.8. The highest BCUT2D eigenvalue weighted by Crippen LogP contribution is 2.29. The molecule has 1 heterocycles. The Labute approximate surface area is 179 Å². The molecule has 9 heteroatoms. The van der Waals surface area contributed by atoms with Crippen molar-refractivity contribution in [2.75, 3.05) is 18.0 Å². The third kappa shape index (κ3) is 5.58. The van der Waals surface area contributed by atoms with E-state index in [0.717, 1.165) is 5.56 Å². The van der Waals surface area contributed by atoms with Gasteiger partial charge in [-0.25, -0.2) is 9.18 Å². The van der Waals surface area contributed by atoms with Crippen LogP contribution in [-0.4, -0.2) is 43.1 Å². The minimum Gasteiger partial charge on any atom is -0.442 e. The van der Waals surface area contributed by atoms with Gasteiger partial charge in [0, 0.05) is 19.0 Å². The summed E-state index contributed by atoms with van der Waals surface area (Å²) in [6.07, 6.45) is -1.07. The van der Waals surface area contributed by atoms with Crippen LogP contribution >= 0.6 is 0 Å². The van der Waals surface area contributed by atoms with Crippen LogP contribution in [-0.2, 0) is 20.9 Å². The zero-order valence-corrected chi connectivity index (χ0v) is 17.4. The van der Waals surface area contributed by atoms with E-state index in [-0.39, 0.29) is 19.0 Å². The Bertz CT molecular complexity index is 980.